The lowest BCUT2D eigenvalue weighted by Gasteiger charge is -2.31. The first-order valence-electron chi connectivity index (χ1n) is 5.34. The fourth-order valence-corrected chi connectivity index (χ4v) is 2.26. The molecule has 0 amide bonds. The van der Waals surface area contributed by atoms with E-state index in [-0.39, 0.29) is 19.3 Å². The van der Waals surface area contributed by atoms with E-state index >= 15 is 0 Å². The van der Waals surface area contributed by atoms with Crippen molar-refractivity contribution in [2.75, 3.05) is 32.8 Å². The van der Waals surface area contributed by atoms with Crippen LogP contribution in [0, 0.1) is 0 Å². The highest BCUT2D eigenvalue weighted by atomic mass is 19.4. The highest BCUT2D eigenvalue weighted by Crippen LogP contribution is 2.26. The molecular formula is C9H16F3N3. The zero-order valence-electron chi connectivity index (χ0n) is 8.56. The Balaban J connectivity index is 1.86. The number of nitrogens with one attached hydrogen (secondary N) is 1. The normalized spacial score (nSPS) is 31.0. The summed E-state index contributed by atoms with van der Waals surface area (Å²) in [5, 5.41) is 3.22. The van der Waals surface area contributed by atoms with E-state index in [4.69, 9.17) is 0 Å². The zero-order valence-corrected chi connectivity index (χ0v) is 8.56. The van der Waals surface area contributed by atoms with E-state index in [0.29, 0.717) is 11.4 Å². The van der Waals surface area contributed by atoms with E-state index in [1.807, 2.05) is 4.90 Å². The minimum Gasteiger partial charge on any atom is -0.315 e. The molecule has 2 aliphatic rings. The van der Waals surface area contributed by atoms with E-state index in [1.54, 1.807) is 0 Å². The SMILES string of the molecule is FC(F)(F)N1CCN(C2CCCNC2)C1. The van der Waals surface area contributed by atoms with Gasteiger partial charge in [-0.3, -0.25) is 4.90 Å². The topological polar surface area (TPSA) is 18.5 Å². The van der Waals surface area contributed by atoms with Crippen LogP contribution in [0.5, 0.6) is 0 Å². The van der Waals surface area contributed by atoms with Gasteiger partial charge >= 0.3 is 6.30 Å². The van der Waals surface area contributed by atoms with Crippen LogP contribution in [0.1, 0.15) is 12.8 Å². The Morgan fingerprint density at radius 1 is 1.20 bits per heavy atom. The minimum absolute atomic E-state index is 0.0375. The van der Waals surface area contributed by atoms with Crippen LogP contribution in [-0.2, 0) is 0 Å². The summed E-state index contributed by atoms with van der Waals surface area (Å²) < 4.78 is 37.2. The molecule has 2 aliphatic heterocycles. The molecule has 3 nitrogen and oxygen atoms in total. The number of nitrogens with zero attached hydrogens (tertiary/aromatic N) is 2. The molecule has 1 N–H and O–H groups in total. The standard InChI is InChI=1S/C9H16F3N3/c10-9(11,12)15-5-4-14(7-15)8-2-1-3-13-6-8/h8,13H,1-7H2. The van der Waals surface area contributed by atoms with Gasteiger partial charge < -0.3 is 5.32 Å². The summed E-state index contributed by atoms with van der Waals surface area (Å²) in [6, 6.07) is 0.283. The van der Waals surface area contributed by atoms with Crippen LogP contribution in [0.3, 0.4) is 0 Å². The average molecular weight is 223 g/mol. The maximum atomic E-state index is 12.4. The summed E-state index contributed by atoms with van der Waals surface area (Å²) in [7, 11) is 0. The van der Waals surface area contributed by atoms with Crippen molar-refractivity contribution in [3.8, 4) is 0 Å². The van der Waals surface area contributed by atoms with Crippen molar-refractivity contribution in [3.05, 3.63) is 0 Å². The van der Waals surface area contributed by atoms with E-state index < -0.39 is 6.30 Å². The lowest BCUT2D eigenvalue weighted by atomic mass is 10.1. The van der Waals surface area contributed by atoms with Crippen LogP contribution in [0.25, 0.3) is 0 Å². The predicted octanol–water partition coefficient (Wildman–Crippen LogP) is 0.833. The molecule has 6 heteroatoms. The van der Waals surface area contributed by atoms with Crippen LogP contribution in [0.4, 0.5) is 13.2 Å². The summed E-state index contributed by atoms with van der Waals surface area (Å²) in [6.07, 6.45) is -2.09. The van der Waals surface area contributed by atoms with Crippen molar-refractivity contribution in [3.63, 3.8) is 0 Å². The van der Waals surface area contributed by atoms with Crippen molar-refractivity contribution >= 4 is 0 Å². The Morgan fingerprint density at radius 3 is 2.53 bits per heavy atom. The largest absolute Gasteiger partial charge is 0.461 e. The molecule has 1 atom stereocenters. The smallest absolute Gasteiger partial charge is 0.315 e. The lowest BCUT2D eigenvalue weighted by molar-refractivity contribution is -0.242. The molecule has 2 fully saturated rings. The molecule has 88 valence electrons. The number of rotatable bonds is 1. The first kappa shape index (κ1) is 11.2. The van der Waals surface area contributed by atoms with Crippen molar-refractivity contribution in [1.82, 2.24) is 15.1 Å². The van der Waals surface area contributed by atoms with Gasteiger partial charge in [0.1, 0.15) is 0 Å². The maximum absolute atomic E-state index is 12.4. The van der Waals surface area contributed by atoms with Gasteiger partial charge in [0.15, 0.2) is 0 Å². The van der Waals surface area contributed by atoms with Gasteiger partial charge in [-0.1, -0.05) is 0 Å². The summed E-state index contributed by atoms with van der Waals surface area (Å²) in [5.41, 5.74) is 0. The molecule has 0 aromatic rings. The van der Waals surface area contributed by atoms with Crippen molar-refractivity contribution in [1.29, 1.82) is 0 Å². The predicted molar refractivity (Wildman–Crippen MR) is 50.2 cm³/mol. The van der Waals surface area contributed by atoms with Gasteiger partial charge in [0.05, 0.1) is 6.67 Å². The third-order valence-electron chi connectivity index (χ3n) is 3.16. The van der Waals surface area contributed by atoms with E-state index in [1.165, 1.54) is 0 Å². The molecule has 0 aromatic heterocycles. The van der Waals surface area contributed by atoms with Crippen LogP contribution in [0.15, 0.2) is 0 Å². The molecule has 2 rings (SSSR count). The quantitative estimate of drug-likeness (QED) is 0.664. The molecular weight excluding hydrogens is 207 g/mol. The molecule has 2 heterocycles. The maximum Gasteiger partial charge on any atom is 0.461 e. The molecule has 1 unspecified atom stereocenters. The van der Waals surface area contributed by atoms with Crippen LogP contribution >= 0.6 is 0 Å². The summed E-state index contributed by atoms with van der Waals surface area (Å²) in [6.45, 7) is 2.50. The Labute approximate surface area is 87.2 Å². The minimum atomic E-state index is -4.17. The fraction of sp³-hybridized carbons (Fsp3) is 1.00. The van der Waals surface area contributed by atoms with Gasteiger partial charge in [-0.25, -0.2) is 0 Å². The fourth-order valence-electron chi connectivity index (χ4n) is 2.26. The molecule has 0 aliphatic carbocycles. The molecule has 0 spiro atoms. The van der Waals surface area contributed by atoms with Gasteiger partial charge in [-0.15, -0.1) is 0 Å². The van der Waals surface area contributed by atoms with Gasteiger partial charge in [0.25, 0.3) is 0 Å². The second-order valence-corrected chi connectivity index (χ2v) is 4.19. The molecule has 0 aromatic carbocycles. The molecule has 0 bridgehead atoms. The van der Waals surface area contributed by atoms with Gasteiger partial charge in [-0.2, -0.15) is 18.1 Å². The van der Waals surface area contributed by atoms with Gasteiger partial charge in [0, 0.05) is 25.7 Å². The van der Waals surface area contributed by atoms with E-state index in [0.717, 1.165) is 25.9 Å². The number of piperidine rings is 1. The van der Waals surface area contributed by atoms with Gasteiger partial charge in [-0.05, 0) is 19.4 Å². The zero-order chi connectivity index (χ0) is 10.9. The van der Waals surface area contributed by atoms with Crippen LogP contribution in [-0.4, -0.2) is 55.0 Å². The summed E-state index contributed by atoms with van der Waals surface area (Å²) in [4.78, 5) is 2.52. The highest BCUT2D eigenvalue weighted by molar-refractivity contribution is 4.83. The number of halogens is 3. The Morgan fingerprint density at radius 2 is 2.00 bits per heavy atom. The van der Waals surface area contributed by atoms with E-state index in [2.05, 4.69) is 5.32 Å². The first-order chi connectivity index (χ1) is 7.07. The lowest BCUT2D eigenvalue weighted by Crippen LogP contribution is -2.46. The third-order valence-corrected chi connectivity index (χ3v) is 3.16. The molecule has 2 saturated heterocycles. The van der Waals surface area contributed by atoms with Crippen molar-refractivity contribution in [2.45, 2.75) is 25.2 Å². The van der Waals surface area contributed by atoms with E-state index in [9.17, 15) is 13.2 Å². The molecule has 15 heavy (non-hydrogen) atoms. The van der Waals surface area contributed by atoms with Crippen molar-refractivity contribution in [2.24, 2.45) is 0 Å². The third kappa shape index (κ3) is 2.62. The Kier molecular flexibility index (Phi) is 3.18. The summed E-state index contributed by atoms with van der Waals surface area (Å²) >= 11 is 0. The van der Waals surface area contributed by atoms with Crippen LogP contribution < -0.4 is 5.32 Å². The second kappa shape index (κ2) is 4.27. The Hall–Kier alpha value is -0.330. The number of alkyl halides is 3. The monoisotopic (exact) mass is 223 g/mol. The second-order valence-electron chi connectivity index (χ2n) is 4.19. The molecule has 0 radical (unpaired) electrons. The number of hydrogen-bond donors (Lipinski definition) is 1. The summed E-state index contributed by atoms with van der Waals surface area (Å²) in [5.74, 6) is 0. The van der Waals surface area contributed by atoms with Crippen molar-refractivity contribution < 1.29 is 13.2 Å². The first-order valence-corrected chi connectivity index (χ1v) is 5.34. The van der Waals surface area contributed by atoms with Crippen LogP contribution in [0.2, 0.25) is 0 Å². The highest BCUT2D eigenvalue weighted by Gasteiger charge is 2.42. The average Bonchev–Trinajstić information content (AvgIpc) is 2.67. The van der Waals surface area contributed by atoms with Gasteiger partial charge in [0.2, 0.25) is 0 Å². The Bertz CT molecular complexity index is 213. The molecule has 0 saturated carbocycles. The number of hydrogen-bond acceptors (Lipinski definition) is 3.